The molecule has 2 atom stereocenters. The number of nitrogen functional groups attached to an aromatic ring is 1. The molecule has 11 nitrogen and oxygen atoms in total. The summed E-state index contributed by atoms with van der Waals surface area (Å²) >= 11 is 0. The van der Waals surface area contributed by atoms with Crippen molar-refractivity contribution < 1.29 is 36.6 Å². The molecule has 0 bridgehead atoms. The quantitative estimate of drug-likeness (QED) is 0.143. The molecule has 238 valence electrons. The number of alkyl halides is 3. The summed E-state index contributed by atoms with van der Waals surface area (Å²) in [4.78, 5) is 16.0. The summed E-state index contributed by atoms with van der Waals surface area (Å²) in [7, 11) is -4.44. The summed E-state index contributed by atoms with van der Waals surface area (Å²) in [6, 6.07) is 16.8. The zero-order valence-electron chi connectivity index (χ0n) is 24.0. The number of hydrogen-bond acceptors (Lipinski definition) is 9. The lowest BCUT2D eigenvalue weighted by Gasteiger charge is -2.18. The fourth-order valence-corrected chi connectivity index (χ4v) is 5.86. The average Bonchev–Trinajstić information content (AvgIpc) is 3.32. The van der Waals surface area contributed by atoms with Crippen molar-refractivity contribution in [3.05, 3.63) is 88.7 Å². The molecule has 6 N–H and O–H groups in total. The van der Waals surface area contributed by atoms with Gasteiger partial charge < -0.3 is 31.1 Å². The van der Waals surface area contributed by atoms with Gasteiger partial charge in [-0.1, -0.05) is 18.2 Å². The molecule has 15 heteroatoms. The first-order chi connectivity index (χ1) is 21.1. The molecule has 4 aromatic rings. The van der Waals surface area contributed by atoms with Crippen LogP contribution in [-0.4, -0.2) is 64.5 Å². The average molecular weight is 645 g/mol. The van der Waals surface area contributed by atoms with Crippen LogP contribution in [0.3, 0.4) is 0 Å². The predicted molar refractivity (Wildman–Crippen MR) is 162 cm³/mol. The topological polar surface area (TPSA) is 183 Å². The molecule has 2 heterocycles. The fraction of sp³-hybridized carbons (Fsp3) is 0.300. The number of carboxylic acids is 1. The van der Waals surface area contributed by atoms with Crippen LogP contribution < -0.4 is 16.4 Å². The van der Waals surface area contributed by atoms with Gasteiger partial charge in [0, 0.05) is 47.5 Å². The van der Waals surface area contributed by atoms with Gasteiger partial charge in [0.15, 0.2) is 9.84 Å². The van der Waals surface area contributed by atoms with Crippen molar-refractivity contribution in [2.75, 3.05) is 29.2 Å². The summed E-state index contributed by atoms with van der Waals surface area (Å²) in [5, 5.41) is 36.0. The lowest BCUT2D eigenvalue weighted by Crippen LogP contribution is -2.32. The standard InChI is InChI=1S/C30H31F3N6O5S/c1-18(36-14-27(40)23-10-22(12-34)28(35)37-13-23)7-19-5-6-25-21(8-19)11-26(29(41)42)39(25)15-20-3-2-4-24(9-20)38-17-45(43,44)16-30(31,32)33/h2-6,8-11,13,18,27,36,38,40H,7,14-17H2,1H3,(H2,35,37)(H,41,42). The second-order valence-corrected chi connectivity index (χ2v) is 12.7. The molecule has 0 radical (unpaired) electrons. The molecule has 0 aliphatic heterocycles. The highest BCUT2D eigenvalue weighted by molar-refractivity contribution is 7.91. The minimum Gasteiger partial charge on any atom is -0.477 e. The van der Waals surface area contributed by atoms with Gasteiger partial charge in [0.05, 0.1) is 11.7 Å². The van der Waals surface area contributed by atoms with E-state index in [9.17, 15) is 36.6 Å². The number of aromatic carboxylic acids is 1. The Labute approximate surface area is 257 Å². The number of aliphatic hydroxyl groups excluding tert-OH is 1. The van der Waals surface area contributed by atoms with Crippen LogP contribution in [0, 0.1) is 11.3 Å². The number of anilines is 2. The highest BCUT2D eigenvalue weighted by atomic mass is 32.2. The van der Waals surface area contributed by atoms with E-state index in [1.54, 1.807) is 34.9 Å². The Bertz CT molecular complexity index is 1850. The smallest absolute Gasteiger partial charge is 0.402 e. The normalized spacial score (nSPS) is 13.3. The number of benzene rings is 2. The monoisotopic (exact) mass is 644 g/mol. The number of carbonyl (C=O) groups is 1. The Morgan fingerprint density at radius 3 is 2.60 bits per heavy atom. The van der Waals surface area contributed by atoms with Gasteiger partial charge in [-0.2, -0.15) is 18.4 Å². The first-order valence-electron chi connectivity index (χ1n) is 13.7. The number of carboxylic acid groups (broad SMARTS) is 1. The summed E-state index contributed by atoms with van der Waals surface area (Å²) in [6.07, 6.45) is -3.78. The first kappa shape index (κ1) is 33.2. The Balaban J connectivity index is 1.45. The summed E-state index contributed by atoms with van der Waals surface area (Å²) in [5.41, 5.74) is 8.74. The Morgan fingerprint density at radius 1 is 1.16 bits per heavy atom. The van der Waals surface area contributed by atoms with Crippen molar-refractivity contribution in [3.8, 4) is 6.07 Å². The number of rotatable bonds is 13. The predicted octanol–water partition coefficient (Wildman–Crippen LogP) is 3.84. The van der Waals surface area contributed by atoms with Gasteiger partial charge >= 0.3 is 12.1 Å². The lowest BCUT2D eigenvalue weighted by molar-refractivity contribution is -0.106. The number of nitrogens with one attached hydrogen (secondary N) is 2. The van der Waals surface area contributed by atoms with Gasteiger partial charge in [-0.15, -0.1) is 0 Å². The zero-order valence-corrected chi connectivity index (χ0v) is 24.9. The van der Waals surface area contributed by atoms with Crippen molar-refractivity contribution in [2.45, 2.75) is 38.2 Å². The second kappa shape index (κ2) is 13.6. The lowest BCUT2D eigenvalue weighted by atomic mass is 10.0. The number of nitrogens with two attached hydrogens (primary N) is 1. The molecule has 2 aromatic carbocycles. The van der Waals surface area contributed by atoms with E-state index in [0.29, 0.717) is 28.5 Å². The number of nitriles is 1. The Morgan fingerprint density at radius 2 is 1.91 bits per heavy atom. The summed E-state index contributed by atoms with van der Waals surface area (Å²) in [5.74, 6) is -3.90. The van der Waals surface area contributed by atoms with Crippen molar-refractivity contribution in [1.29, 1.82) is 5.26 Å². The van der Waals surface area contributed by atoms with E-state index in [0.717, 1.165) is 5.56 Å². The van der Waals surface area contributed by atoms with E-state index in [2.05, 4.69) is 15.6 Å². The molecular weight excluding hydrogens is 613 g/mol. The third-order valence-corrected chi connectivity index (χ3v) is 8.33. The van der Waals surface area contributed by atoms with Gasteiger partial charge in [0.25, 0.3) is 0 Å². The summed E-state index contributed by atoms with van der Waals surface area (Å²) in [6.45, 7) is 2.24. The van der Waals surface area contributed by atoms with E-state index in [4.69, 9.17) is 11.0 Å². The second-order valence-electron chi connectivity index (χ2n) is 10.7. The molecular formula is C30H31F3N6O5S. The molecule has 0 saturated carbocycles. The third kappa shape index (κ3) is 8.94. The largest absolute Gasteiger partial charge is 0.477 e. The Hall–Kier alpha value is -4.65. The minimum atomic E-state index is -4.85. The molecule has 4 rings (SSSR count). The van der Waals surface area contributed by atoms with Crippen molar-refractivity contribution in [3.63, 3.8) is 0 Å². The highest BCUT2D eigenvalue weighted by Crippen LogP contribution is 2.25. The van der Waals surface area contributed by atoms with Crippen LogP contribution in [0.1, 0.15) is 45.8 Å². The maximum absolute atomic E-state index is 12.5. The van der Waals surface area contributed by atoms with Crippen molar-refractivity contribution >= 4 is 38.2 Å². The fourth-order valence-electron chi connectivity index (χ4n) is 4.87. The number of pyridine rings is 1. The number of fused-ring (bicyclic) bond motifs is 1. The number of aromatic nitrogens is 2. The van der Waals surface area contributed by atoms with E-state index < -0.39 is 39.7 Å². The van der Waals surface area contributed by atoms with Crippen molar-refractivity contribution in [1.82, 2.24) is 14.9 Å². The minimum absolute atomic E-state index is 0.0245. The number of halogens is 3. The third-order valence-electron chi connectivity index (χ3n) is 6.98. The molecule has 0 spiro atoms. The summed E-state index contributed by atoms with van der Waals surface area (Å²) < 4.78 is 62.8. The van der Waals surface area contributed by atoms with Gasteiger partial charge in [-0.05, 0) is 60.9 Å². The van der Waals surface area contributed by atoms with Crippen LogP contribution in [0.2, 0.25) is 0 Å². The molecule has 45 heavy (non-hydrogen) atoms. The number of sulfone groups is 1. The molecule has 0 fully saturated rings. The van der Waals surface area contributed by atoms with E-state index in [1.165, 1.54) is 18.3 Å². The van der Waals surface area contributed by atoms with Gasteiger partial charge in [0.1, 0.15) is 29.2 Å². The van der Waals surface area contributed by atoms with Crippen LogP contribution in [0.5, 0.6) is 0 Å². The van der Waals surface area contributed by atoms with Crippen LogP contribution in [0.4, 0.5) is 24.7 Å². The Kier molecular flexibility index (Phi) is 10.0. The van der Waals surface area contributed by atoms with E-state index >= 15 is 0 Å². The first-order valence-corrected chi connectivity index (χ1v) is 15.5. The molecule has 2 aromatic heterocycles. The highest BCUT2D eigenvalue weighted by Gasteiger charge is 2.34. The maximum Gasteiger partial charge on any atom is 0.402 e. The number of hydrogen-bond donors (Lipinski definition) is 5. The molecule has 0 saturated heterocycles. The maximum atomic E-state index is 12.5. The SMILES string of the molecule is CC(Cc1ccc2c(c1)cc(C(=O)O)n2Cc1cccc(NCS(=O)(=O)CC(F)(F)F)c1)NCC(O)c1cnc(N)c(C#N)c1. The van der Waals surface area contributed by atoms with Gasteiger partial charge in [-0.3, -0.25) is 0 Å². The number of nitrogens with zero attached hydrogens (tertiary/aromatic N) is 3. The van der Waals surface area contributed by atoms with Crippen LogP contribution in [0.25, 0.3) is 10.9 Å². The molecule has 0 amide bonds. The molecule has 2 unspecified atom stereocenters. The molecule has 0 aliphatic carbocycles. The van der Waals surface area contributed by atoms with Gasteiger partial charge in [0.2, 0.25) is 0 Å². The number of aliphatic hydroxyl groups is 1. The van der Waals surface area contributed by atoms with Gasteiger partial charge in [-0.25, -0.2) is 18.2 Å². The molecule has 0 aliphatic rings. The van der Waals surface area contributed by atoms with Crippen LogP contribution >= 0.6 is 0 Å². The zero-order chi connectivity index (χ0) is 32.9. The van der Waals surface area contributed by atoms with Crippen LogP contribution in [0.15, 0.2) is 60.8 Å². The van der Waals surface area contributed by atoms with Crippen LogP contribution in [-0.2, 0) is 22.8 Å². The van der Waals surface area contributed by atoms with E-state index in [1.807, 2.05) is 25.1 Å². The van der Waals surface area contributed by atoms with Crippen molar-refractivity contribution in [2.24, 2.45) is 0 Å². The van der Waals surface area contributed by atoms with E-state index in [-0.39, 0.29) is 41.9 Å².